The number of aromatic nitrogens is 5. The van der Waals surface area contributed by atoms with Crippen LogP contribution in [0.15, 0.2) is 57.5 Å². The van der Waals surface area contributed by atoms with E-state index in [1.807, 2.05) is 47.8 Å². The molecule has 0 spiro atoms. The molecule has 0 saturated heterocycles. The molecule has 0 bridgehead atoms. The third kappa shape index (κ3) is 3.17. The monoisotopic (exact) mass is 341 g/mol. The Balaban J connectivity index is 1.43. The van der Waals surface area contributed by atoms with Crippen LogP contribution in [-0.4, -0.2) is 25.3 Å². The predicted octanol–water partition coefficient (Wildman–Crippen LogP) is 3.88. The molecule has 3 heterocycles. The van der Waals surface area contributed by atoms with Gasteiger partial charge in [-0.2, -0.15) is 4.98 Å². The lowest BCUT2D eigenvalue weighted by molar-refractivity contribution is 0.391. The summed E-state index contributed by atoms with van der Waals surface area (Å²) in [7, 11) is 0. The first-order valence-electron chi connectivity index (χ1n) is 6.85. The molecule has 0 aliphatic rings. The number of hydrogen-bond acceptors (Lipinski definition) is 7. The summed E-state index contributed by atoms with van der Waals surface area (Å²) in [5, 5.41) is 13.8. The van der Waals surface area contributed by atoms with E-state index in [4.69, 9.17) is 4.52 Å². The highest BCUT2D eigenvalue weighted by molar-refractivity contribution is 7.98. The molecule has 0 saturated carbocycles. The number of nitrogens with zero attached hydrogens (tertiary/aromatic N) is 4. The van der Waals surface area contributed by atoms with Gasteiger partial charge < -0.3 is 4.52 Å². The molecule has 0 amide bonds. The van der Waals surface area contributed by atoms with Crippen LogP contribution in [0.3, 0.4) is 0 Å². The molecule has 4 aromatic rings. The second-order valence-corrected chi connectivity index (χ2v) is 6.50. The van der Waals surface area contributed by atoms with E-state index in [1.165, 1.54) is 11.8 Å². The Bertz CT molecular complexity index is 886. The van der Waals surface area contributed by atoms with Crippen molar-refractivity contribution in [3.63, 3.8) is 0 Å². The summed E-state index contributed by atoms with van der Waals surface area (Å²) in [6, 6.07) is 13.8. The number of H-pyrrole nitrogens is 1. The van der Waals surface area contributed by atoms with E-state index in [0.717, 1.165) is 16.3 Å². The number of rotatable bonds is 5. The highest BCUT2D eigenvalue weighted by Crippen LogP contribution is 2.25. The van der Waals surface area contributed by atoms with Crippen LogP contribution >= 0.6 is 23.1 Å². The smallest absolute Gasteiger partial charge is 0.237 e. The van der Waals surface area contributed by atoms with Crippen molar-refractivity contribution in [2.75, 3.05) is 0 Å². The van der Waals surface area contributed by atoms with E-state index in [0.29, 0.717) is 22.6 Å². The maximum Gasteiger partial charge on any atom is 0.237 e. The molecule has 3 aromatic heterocycles. The van der Waals surface area contributed by atoms with Crippen molar-refractivity contribution in [2.45, 2.75) is 10.9 Å². The van der Waals surface area contributed by atoms with Crippen LogP contribution in [0.4, 0.5) is 0 Å². The molecule has 0 fully saturated rings. The first-order valence-corrected chi connectivity index (χ1v) is 8.72. The van der Waals surface area contributed by atoms with Crippen LogP contribution < -0.4 is 0 Å². The van der Waals surface area contributed by atoms with Gasteiger partial charge >= 0.3 is 0 Å². The summed E-state index contributed by atoms with van der Waals surface area (Å²) < 4.78 is 5.26. The minimum absolute atomic E-state index is 0.532. The number of nitrogens with one attached hydrogen (secondary N) is 1. The molecule has 0 atom stereocenters. The number of thioether (sulfide) groups is 1. The van der Waals surface area contributed by atoms with Gasteiger partial charge in [-0.3, -0.25) is 5.10 Å². The fraction of sp³-hybridized carbons (Fsp3) is 0.0667. The highest BCUT2D eigenvalue weighted by atomic mass is 32.2. The van der Waals surface area contributed by atoms with Crippen LogP contribution in [0.2, 0.25) is 0 Å². The van der Waals surface area contributed by atoms with Gasteiger partial charge in [-0.05, 0) is 11.4 Å². The largest absolute Gasteiger partial charge is 0.338 e. The Labute approximate surface area is 140 Å². The Morgan fingerprint density at radius 3 is 2.83 bits per heavy atom. The summed E-state index contributed by atoms with van der Waals surface area (Å²) in [5.74, 6) is 2.46. The van der Waals surface area contributed by atoms with Gasteiger partial charge in [0.2, 0.25) is 16.9 Å². The number of benzene rings is 1. The molecule has 0 aliphatic heterocycles. The van der Waals surface area contributed by atoms with Crippen molar-refractivity contribution in [2.24, 2.45) is 0 Å². The van der Waals surface area contributed by atoms with Gasteiger partial charge in [0.1, 0.15) is 0 Å². The fourth-order valence-corrected chi connectivity index (χ4v) is 3.27. The molecule has 0 unspecified atom stereocenters. The molecule has 4 rings (SSSR count). The van der Waals surface area contributed by atoms with E-state index in [1.54, 1.807) is 11.3 Å². The van der Waals surface area contributed by atoms with Gasteiger partial charge in [0.15, 0.2) is 5.82 Å². The summed E-state index contributed by atoms with van der Waals surface area (Å²) in [4.78, 5) is 9.83. The third-order valence-electron chi connectivity index (χ3n) is 3.05. The van der Waals surface area contributed by atoms with E-state index < -0.39 is 0 Å². The molecule has 1 aromatic carbocycles. The fourth-order valence-electron chi connectivity index (χ4n) is 1.98. The highest BCUT2D eigenvalue weighted by Gasteiger charge is 2.12. The molecular formula is C15H11N5OS2. The van der Waals surface area contributed by atoms with Crippen LogP contribution in [-0.2, 0) is 5.75 Å². The zero-order chi connectivity index (χ0) is 15.5. The summed E-state index contributed by atoms with van der Waals surface area (Å²) in [5.41, 5.74) is 1.00. The van der Waals surface area contributed by atoms with Gasteiger partial charge in [-0.25, -0.2) is 4.98 Å². The van der Waals surface area contributed by atoms with Crippen molar-refractivity contribution in [1.29, 1.82) is 0 Å². The number of thiophene rings is 1. The van der Waals surface area contributed by atoms with Crippen LogP contribution in [0.5, 0.6) is 0 Å². The van der Waals surface area contributed by atoms with Crippen molar-refractivity contribution in [3.8, 4) is 22.1 Å². The van der Waals surface area contributed by atoms with Crippen molar-refractivity contribution >= 4 is 23.1 Å². The maximum absolute atomic E-state index is 5.26. The van der Waals surface area contributed by atoms with E-state index in [-0.39, 0.29) is 0 Å². The quantitative estimate of drug-likeness (QED) is 0.555. The maximum atomic E-state index is 5.26. The SMILES string of the molecule is c1ccc(-c2nc(SCc3nc(-c4cccs4)no3)n[nH]2)cc1. The van der Waals surface area contributed by atoms with Gasteiger partial charge in [-0.1, -0.05) is 53.3 Å². The summed E-state index contributed by atoms with van der Waals surface area (Å²) >= 11 is 3.04. The Kier molecular flexibility index (Phi) is 3.91. The zero-order valence-electron chi connectivity index (χ0n) is 11.8. The van der Waals surface area contributed by atoms with Crippen LogP contribution in [0.25, 0.3) is 22.1 Å². The first kappa shape index (κ1) is 14.2. The standard InChI is InChI=1S/C15H11N5OS2/c1-2-5-10(6-3-1)13-17-15(19-18-13)23-9-12-16-14(20-21-12)11-7-4-8-22-11/h1-8H,9H2,(H,17,18,19). The molecule has 6 nitrogen and oxygen atoms in total. The second kappa shape index (κ2) is 6.35. The van der Waals surface area contributed by atoms with E-state index in [2.05, 4.69) is 25.3 Å². The second-order valence-electron chi connectivity index (χ2n) is 4.61. The third-order valence-corrected chi connectivity index (χ3v) is 4.74. The first-order chi connectivity index (χ1) is 11.4. The Hall–Kier alpha value is -2.45. The van der Waals surface area contributed by atoms with Crippen LogP contribution in [0.1, 0.15) is 5.89 Å². The van der Waals surface area contributed by atoms with Crippen LogP contribution in [0, 0.1) is 0 Å². The van der Waals surface area contributed by atoms with E-state index >= 15 is 0 Å². The molecule has 114 valence electrons. The van der Waals surface area contributed by atoms with Gasteiger partial charge in [0, 0.05) is 5.56 Å². The lowest BCUT2D eigenvalue weighted by Crippen LogP contribution is -1.83. The molecule has 0 radical (unpaired) electrons. The van der Waals surface area contributed by atoms with Crippen molar-refractivity contribution < 1.29 is 4.52 Å². The lowest BCUT2D eigenvalue weighted by Gasteiger charge is -1.92. The topological polar surface area (TPSA) is 80.5 Å². The van der Waals surface area contributed by atoms with Gasteiger partial charge in [-0.15, -0.1) is 16.4 Å². The lowest BCUT2D eigenvalue weighted by atomic mass is 10.2. The van der Waals surface area contributed by atoms with Crippen molar-refractivity contribution in [3.05, 3.63) is 53.7 Å². The average molecular weight is 341 g/mol. The van der Waals surface area contributed by atoms with Crippen molar-refractivity contribution in [1.82, 2.24) is 25.3 Å². The Morgan fingerprint density at radius 1 is 1.09 bits per heavy atom. The molecular weight excluding hydrogens is 330 g/mol. The number of aromatic amines is 1. The Morgan fingerprint density at radius 2 is 2.00 bits per heavy atom. The molecule has 1 N–H and O–H groups in total. The summed E-state index contributed by atoms with van der Waals surface area (Å²) in [6.45, 7) is 0. The van der Waals surface area contributed by atoms with Gasteiger partial charge in [0.05, 0.1) is 10.6 Å². The van der Waals surface area contributed by atoms with E-state index in [9.17, 15) is 0 Å². The molecule has 0 aliphatic carbocycles. The normalized spacial score (nSPS) is 11.0. The minimum Gasteiger partial charge on any atom is -0.338 e. The molecule has 23 heavy (non-hydrogen) atoms. The average Bonchev–Trinajstić information content (AvgIpc) is 3.33. The zero-order valence-corrected chi connectivity index (χ0v) is 13.5. The molecule has 8 heteroatoms. The predicted molar refractivity (Wildman–Crippen MR) is 89.0 cm³/mol. The summed E-state index contributed by atoms with van der Waals surface area (Å²) in [6.07, 6.45) is 0. The minimum atomic E-state index is 0.532. The number of hydrogen-bond donors (Lipinski definition) is 1. The van der Waals surface area contributed by atoms with Gasteiger partial charge in [0.25, 0.3) is 0 Å².